The molecule has 0 bridgehead atoms. The molecule has 29 heavy (non-hydrogen) atoms. The highest BCUT2D eigenvalue weighted by Crippen LogP contribution is 2.14. The number of ether oxygens (including phenoxy) is 2. The van der Waals surface area contributed by atoms with Crippen LogP contribution >= 0.6 is 0 Å². The van der Waals surface area contributed by atoms with E-state index in [9.17, 15) is 14.4 Å². The van der Waals surface area contributed by atoms with Crippen LogP contribution in [0, 0.1) is 0 Å². The Bertz CT molecular complexity index is 809. The van der Waals surface area contributed by atoms with Gasteiger partial charge < -0.3 is 25.0 Å². The van der Waals surface area contributed by atoms with Gasteiger partial charge in [0.15, 0.2) is 0 Å². The van der Waals surface area contributed by atoms with Crippen LogP contribution in [0.5, 0.6) is 5.75 Å². The standard InChI is InChI=1S/C21H25N3O5/c1-28-15-21(27)24(13-16-6-4-3-5-7-16)14-20(26)22-12-19(25)23-17-8-10-18(29-2)11-9-17/h3-11H,12-15H2,1-2H3,(H,22,26)(H,23,25). The first kappa shape index (κ1) is 21.9. The van der Waals surface area contributed by atoms with Gasteiger partial charge in [-0.3, -0.25) is 14.4 Å². The number of amides is 3. The van der Waals surface area contributed by atoms with Crippen LogP contribution in [0.25, 0.3) is 0 Å². The van der Waals surface area contributed by atoms with Crippen molar-refractivity contribution in [3.63, 3.8) is 0 Å². The minimum absolute atomic E-state index is 0.127. The van der Waals surface area contributed by atoms with Gasteiger partial charge in [-0.15, -0.1) is 0 Å². The SMILES string of the molecule is COCC(=O)N(CC(=O)NCC(=O)Nc1ccc(OC)cc1)Cc1ccccc1. The van der Waals surface area contributed by atoms with E-state index in [-0.39, 0.29) is 38.1 Å². The Kier molecular flexibility index (Phi) is 8.65. The van der Waals surface area contributed by atoms with Crippen molar-refractivity contribution in [2.45, 2.75) is 6.54 Å². The van der Waals surface area contributed by atoms with Crippen molar-refractivity contribution in [2.24, 2.45) is 0 Å². The molecule has 0 atom stereocenters. The maximum atomic E-state index is 12.3. The van der Waals surface area contributed by atoms with Crippen LogP contribution in [0.4, 0.5) is 5.69 Å². The van der Waals surface area contributed by atoms with Gasteiger partial charge in [-0.2, -0.15) is 0 Å². The summed E-state index contributed by atoms with van der Waals surface area (Å²) in [7, 11) is 2.98. The van der Waals surface area contributed by atoms with E-state index in [4.69, 9.17) is 9.47 Å². The molecule has 8 nitrogen and oxygen atoms in total. The number of nitrogens with one attached hydrogen (secondary N) is 2. The highest BCUT2D eigenvalue weighted by atomic mass is 16.5. The average molecular weight is 399 g/mol. The fraction of sp³-hybridized carbons (Fsp3) is 0.286. The molecule has 0 aliphatic heterocycles. The third-order valence-electron chi connectivity index (χ3n) is 3.99. The fourth-order valence-electron chi connectivity index (χ4n) is 2.54. The lowest BCUT2D eigenvalue weighted by Crippen LogP contribution is -2.43. The molecule has 0 unspecified atom stereocenters. The number of hydrogen-bond donors (Lipinski definition) is 2. The summed E-state index contributed by atoms with van der Waals surface area (Å²) in [4.78, 5) is 37.9. The Labute approximate surface area is 169 Å². The summed E-state index contributed by atoms with van der Waals surface area (Å²) in [6.07, 6.45) is 0. The van der Waals surface area contributed by atoms with Gasteiger partial charge in [-0.05, 0) is 29.8 Å². The molecule has 0 aromatic heterocycles. The molecule has 2 N–H and O–H groups in total. The number of carbonyl (C=O) groups is 3. The summed E-state index contributed by atoms with van der Waals surface area (Å²) in [6.45, 7) is -0.234. The van der Waals surface area contributed by atoms with Crippen LogP contribution in [-0.2, 0) is 25.7 Å². The summed E-state index contributed by atoms with van der Waals surface area (Å²) in [5, 5.41) is 5.20. The van der Waals surface area contributed by atoms with Gasteiger partial charge in [0.05, 0.1) is 20.2 Å². The molecule has 0 aliphatic carbocycles. The molecule has 2 rings (SSSR count). The molecule has 8 heteroatoms. The highest BCUT2D eigenvalue weighted by Gasteiger charge is 2.18. The smallest absolute Gasteiger partial charge is 0.249 e. The zero-order valence-corrected chi connectivity index (χ0v) is 16.5. The van der Waals surface area contributed by atoms with Crippen LogP contribution in [0.3, 0.4) is 0 Å². The molecule has 2 aromatic carbocycles. The van der Waals surface area contributed by atoms with E-state index in [0.717, 1.165) is 5.56 Å². The van der Waals surface area contributed by atoms with Gasteiger partial charge in [-0.1, -0.05) is 30.3 Å². The van der Waals surface area contributed by atoms with Gasteiger partial charge >= 0.3 is 0 Å². The van der Waals surface area contributed by atoms with Gasteiger partial charge in [0.2, 0.25) is 17.7 Å². The summed E-state index contributed by atoms with van der Waals surface area (Å²) < 4.78 is 9.95. The Morgan fingerprint density at radius 2 is 1.62 bits per heavy atom. The number of anilines is 1. The first-order valence-electron chi connectivity index (χ1n) is 9.03. The molecular weight excluding hydrogens is 374 g/mol. The van der Waals surface area contributed by atoms with Crippen LogP contribution in [0.1, 0.15) is 5.56 Å². The predicted molar refractivity (Wildman–Crippen MR) is 108 cm³/mol. The number of methoxy groups -OCH3 is 2. The maximum absolute atomic E-state index is 12.3. The van der Waals surface area contributed by atoms with Crippen molar-refractivity contribution in [1.82, 2.24) is 10.2 Å². The zero-order chi connectivity index (χ0) is 21.1. The van der Waals surface area contributed by atoms with Crippen molar-refractivity contribution in [1.29, 1.82) is 0 Å². The first-order chi connectivity index (χ1) is 14.0. The van der Waals surface area contributed by atoms with Crippen LogP contribution in [0.2, 0.25) is 0 Å². The Balaban J connectivity index is 1.86. The topological polar surface area (TPSA) is 97.0 Å². The molecular formula is C21H25N3O5. The first-order valence-corrected chi connectivity index (χ1v) is 9.03. The Morgan fingerprint density at radius 3 is 2.24 bits per heavy atom. The minimum Gasteiger partial charge on any atom is -0.497 e. The van der Waals surface area contributed by atoms with Crippen LogP contribution in [0.15, 0.2) is 54.6 Å². The van der Waals surface area contributed by atoms with E-state index in [1.165, 1.54) is 12.0 Å². The summed E-state index contributed by atoms with van der Waals surface area (Å²) in [5.41, 5.74) is 1.48. The second-order valence-electron chi connectivity index (χ2n) is 6.22. The lowest BCUT2D eigenvalue weighted by Gasteiger charge is -2.22. The van der Waals surface area contributed by atoms with E-state index >= 15 is 0 Å². The normalized spacial score (nSPS) is 10.1. The second kappa shape index (κ2) is 11.5. The molecule has 0 saturated carbocycles. The number of nitrogens with zero attached hydrogens (tertiary/aromatic N) is 1. The molecule has 154 valence electrons. The molecule has 0 radical (unpaired) electrons. The highest BCUT2D eigenvalue weighted by molar-refractivity contribution is 5.95. The van der Waals surface area contributed by atoms with Gasteiger partial charge in [0.25, 0.3) is 0 Å². The second-order valence-corrected chi connectivity index (χ2v) is 6.22. The molecule has 0 spiro atoms. The minimum atomic E-state index is -0.435. The summed E-state index contributed by atoms with van der Waals surface area (Å²) in [6, 6.07) is 16.2. The summed E-state index contributed by atoms with van der Waals surface area (Å²) in [5.74, 6) is -0.443. The Morgan fingerprint density at radius 1 is 0.931 bits per heavy atom. The van der Waals surface area contributed by atoms with Crippen molar-refractivity contribution in [3.8, 4) is 5.75 Å². The molecule has 0 saturated heterocycles. The molecule has 0 heterocycles. The third-order valence-corrected chi connectivity index (χ3v) is 3.99. The van der Waals surface area contributed by atoms with Crippen molar-refractivity contribution in [2.75, 3.05) is 39.2 Å². The van der Waals surface area contributed by atoms with Gasteiger partial charge in [-0.25, -0.2) is 0 Å². The number of rotatable bonds is 10. The van der Waals surface area contributed by atoms with Crippen molar-refractivity contribution in [3.05, 3.63) is 60.2 Å². The van der Waals surface area contributed by atoms with Gasteiger partial charge in [0.1, 0.15) is 12.4 Å². The van der Waals surface area contributed by atoms with Crippen molar-refractivity contribution < 1.29 is 23.9 Å². The molecule has 0 fully saturated rings. The predicted octanol–water partition coefficient (Wildman–Crippen LogP) is 1.43. The van der Waals surface area contributed by atoms with Gasteiger partial charge in [0, 0.05) is 19.3 Å². The zero-order valence-electron chi connectivity index (χ0n) is 16.5. The van der Waals surface area contributed by atoms with E-state index in [2.05, 4.69) is 10.6 Å². The van der Waals surface area contributed by atoms with Crippen molar-refractivity contribution >= 4 is 23.4 Å². The van der Waals surface area contributed by atoms with E-state index in [1.54, 1.807) is 31.4 Å². The van der Waals surface area contributed by atoms with Crippen LogP contribution in [-0.4, -0.2) is 56.5 Å². The molecule has 0 aliphatic rings. The number of benzene rings is 2. The third kappa shape index (κ3) is 7.63. The lowest BCUT2D eigenvalue weighted by molar-refractivity contribution is -0.139. The average Bonchev–Trinajstić information content (AvgIpc) is 2.73. The molecule has 2 aromatic rings. The summed E-state index contributed by atoms with van der Waals surface area (Å²) >= 11 is 0. The lowest BCUT2D eigenvalue weighted by atomic mass is 10.2. The number of hydrogen-bond acceptors (Lipinski definition) is 5. The maximum Gasteiger partial charge on any atom is 0.249 e. The van der Waals surface area contributed by atoms with E-state index < -0.39 is 5.91 Å². The van der Waals surface area contributed by atoms with Crippen LogP contribution < -0.4 is 15.4 Å². The Hall–Kier alpha value is -3.39. The monoisotopic (exact) mass is 399 g/mol. The van der Waals surface area contributed by atoms with E-state index in [0.29, 0.717) is 11.4 Å². The largest absolute Gasteiger partial charge is 0.497 e. The fourth-order valence-corrected chi connectivity index (χ4v) is 2.54. The molecule has 3 amide bonds. The number of carbonyl (C=O) groups excluding carboxylic acids is 3. The quantitative estimate of drug-likeness (QED) is 0.630. The van der Waals surface area contributed by atoms with E-state index in [1.807, 2.05) is 30.3 Å².